The molecule has 0 aliphatic carbocycles. The maximum Gasteiger partial charge on any atom is 0.248 e. The number of nitrogens with one attached hydrogen (secondary N) is 5. The highest BCUT2D eigenvalue weighted by Crippen LogP contribution is 2.37. The quantitative estimate of drug-likeness (QED) is 0.0528. The number of carbonyl (C=O) groups is 7. The second-order valence-corrected chi connectivity index (χ2v) is 21.9. The summed E-state index contributed by atoms with van der Waals surface area (Å²) in [6.07, 6.45) is 3.46. The molecule has 410 valence electrons. The number of nitrogens with zero attached hydrogens (tertiary/aromatic N) is 4. The largest absolute Gasteiger partial charge is 0.595 e. The molecule has 3 aliphatic heterocycles. The minimum absolute atomic E-state index is 0.00209. The lowest BCUT2D eigenvalue weighted by Crippen LogP contribution is -2.99. The first-order chi connectivity index (χ1) is 35.3. The number of likely N-dealkylation sites (N-methyl/N-ethyl adjacent to an activating group) is 2. The van der Waals surface area contributed by atoms with Crippen molar-refractivity contribution < 1.29 is 58.9 Å². The maximum atomic E-state index is 15.4. The summed E-state index contributed by atoms with van der Waals surface area (Å²) >= 11 is 0. The van der Waals surface area contributed by atoms with Gasteiger partial charge in [0.25, 0.3) is 0 Å². The van der Waals surface area contributed by atoms with Gasteiger partial charge < -0.3 is 60.7 Å². The van der Waals surface area contributed by atoms with Crippen LogP contribution >= 0.6 is 0 Å². The molecule has 3 aliphatic rings. The van der Waals surface area contributed by atoms with E-state index in [4.69, 9.17) is 4.74 Å². The molecule has 2 aromatic carbocycles. The van der Waals surface area contributed by atoms with Crippen molar-refractivity contribution in [2.75, 3.05) is 20.7 Å². The van der Waals surface area contributed by atoms with E-state index in [2.05, 4.69) is 25.8 Å². The Morgan fingerprint density at radius 2 is 1.40 bits per heavy atom. The van der Waals surface area contributed by atoms with Crippen molar-refractivity contribution in [3.8, 4) is 5.75 Å². The molecule has 75 heavy (non-hydrogen) atoms. The van der Waals surface area contributed by atoms with Crippen molar-refractivity contribution in [1.82, 2.24) is 40.5 Å². The maximum absolute atomic E-state index is 15.4. The fraction of sp³-hybridized carbons (Fsp3) is 0.574. The van der Waals surface area contributed by atoms with Gasteiger partial charge >= 0.3 is 0 Å². The van der Waals surface area contributed by atoms with Gasteiger partial charge in [-0.3, -0.25) is 33.6 Å². The van der Waals surface area contributed by atoms with E-state index in [1.54, 1.807) is 26.0 Å². The van der Waals surface area contributed by atoms with Gasteiger partial charge in [-0.25, -0.2) is 5.21 Å². The van der Waals surface area contributed by atoms with Crippen LogP contribution in [0.1, 0.15) is 99.1 Å². The molecule has 21 heteroatoms. The first-order valence-electron chi connectivity index (χ1n) is 25.9. The highest BCUT2D eigenvalue weighted by Gasteiger charge is 2.48. The zero-order chi connectivity index (χ0) is 55.4. The van der Waals surface area contributed by atoms with Crippen molar-refractivity contribution in [2.24, 2.45) is 17.8 Å². The molecule has 1 aromatic heterocycles. The van der Waals surface area contributed by atoms with Gasteiger partial charge in [-0.15, -0.1) is 0 Å². The number of allylic oxidation sites excluding steroid dienone is 1. The fourth-order valence-electron chi connectivity index (χ4n) is 10.3. The van der Waals surface area contributed by atoms with Crippen LogP contribution in [-0.4, -0.2) is 151 Å². The zero-order valence-electron chi connectivity index (χ0n) is 45.0. The lowest BCUT2D eigenvalue weighted by Gasteiger charge is -2.46. The molecule has 3 aromatic rings. The molecule has 7 amide bonds. The Balaban J connectivity index is 1.51. The number of aliphatic hydroxyl groups is 1. The van der Waals surface area contributed by atoms with Crippen LogP contribution in [0.15, 0.2) is 60.8 Å². The molecule has 2 bridgehead atoms. The molecular weight excluding hydrogens is 967 g/mol. The molecule has 21 nitrogen and oxygen atoms in total. The van der Waals surface area contributed by atoms with Crippen LogP contribution in [0.25, 0.3) is 10.9 Å². The summed E-state index contributed by atoms with van der Waals surface area (Å²) in [6, 6.07) is 2.05. The molecule has 1 unspecified atom stereocenters. The Labute approximate surface area is 438 Å². The van der Waals surface area contributed by atoms with Gasteiger partial charge in [-0.2, -0.15) is 5.23 Å². The normalized spacial score (nSPS) is 27.6. The average molecular weight is 1040 g/mol. The number of fused-ring (bicyclic) bond motifs is 3. The number of aliphatic hydroxyl groups excluding tert-OH is 1. The number of rotatable bonds is 13. The van der Waals surface area contributed by atoms with Crippen LogP contribution in [0.4, 0.5) is 5.69 Å². The molecule has 8 N–H and O–H groups in total. The second kappa shape index (κ2) is 24.1. The smallest absolute Gasteiger partial charge is 0.248 e. The van der Waals surface area contributed by atoms with E-state index in [0.29, 0.717) is 12.2 Å². The number of amides is 7. The van der Waals surface area contributed by atoms with E-state index >= 15 is 4.79 Å². The molecule has 3 fully saturated rings. The summed E-state index contributed by atoms with van der Waals surface area (Å²) in [7, 11) is 2.81. The van der Waals surface area contributed by atoms with Crippen LogP contribution < -0.4 is 26.5 Å². The Morgan fingerprint density at radius 3 is 2.03 bits per heavy atom. The van der Waals surface area contributed by atoms with Gasteiger partial charge in [-0.1, -0.05) is 71.0 Å². The predicted octanol–water partition coefficient (Wildman–Crippen LogP) is 1.91. The number of carbonyl (C=O) groups excluding carboxylic acids is 7. The summed E-state index contributed by atoms with van der Waals surface area (Å²) in [5, 5.41) is 54.6. The Morgan fingerprint density at radius 1 is 0.800 bits per heavy atom. The van der Waals surface area contributed by atoms with Crippen LogP contribution in [0, 0.1) is 23.0 Å². The molecule has 0 saturated carbocycles. The van der Waals surface area contributed by atoms with E-state index in [0.717, 1.165) is 32.8 Å². The predicted molar refractivity (Wildman–Crippen MR) is 278 cm³/mol. The molecule has 4 heterocycles. The van der Waals surface area contributed by atoms with Crippen molar-refractivity contribution in [3.63, 3.8) is 0 Å². The van der Waals surface area contributed by atoms with Gasteiger partial charge in [-0.05, 0) is 88.5 Å². The third-order valence-electron chi connectivity index (χ3n) is 14.8. The van der Waals surface area contributed by atoms with E-state index in [-0.39, 0.29) is 62.0 Å². The molecule has 6 rings (SSSR count). The van der Waals surface area contributed by atoms with Gasteiger partial charge in [0.1, 0.15) is 54.6 Å². The van der Waals surface area contributed by atoms with Gasteiger partial charge in [0.05, 0.1) is 12.1 Å². The number of hydrogen-bond donors (Lipinski definition) is 8. The number of epoxide rings is 1. The molecule has 3 saturated heterocycles. The van der Waals surface area contributed by atoms with Crippen molar-refractivity contribution >= 4 is 57.9 Å². The number of para-hydroxylation sites is 1. The first-order valence-corrected chi connectivity index (χ1v) is 25.9. The van der Waals surface area contributed by atoms with E-state index in [1.165, 1.54) is 32.0 Å². The molecule has 11 atom stereocenters. The minimum atomic E-state index is -1.50. The van der Waals surface area contributed by atoms with Crippen LogP contribution in [0.2, 0.25) is 0 Å². The van der Waals surface area contributed by atoms with Crippen LogP contribution in [-0.2, 0) is 56.7 Å². The first kappa shape index (κ1) is 57.9. The highest BCUT2D eigenvalue weighted by molar-refractivity contribution is 5.99. The fourth-order valence-corrected chi connectivity index (χ4v) is 10.3. The Hall–Kier alpha value is -6.39. The molecule has 0 radical (unpaired) electrons. The number of ether oxygens (including phenoxy) is 1. The number of benzene rings is 2. The Bertz CT molecular complexity index is 2630. The number of phenolic OH excluding ortho intramolecular Hbond substituents is 1. The van der Waals surface area contributed by atoms with Gasteiger partial charge in [0.15, 0.2) is 5.75 Å². The highest BCUT2D eigenvalue weighted by atomic mass is 16.8. The van der Waals surface area contributed by atoms with E-state index in [9.17, 15) is 49.4 Å². The van der Waals surface area contributed by atoms with E-state index in [1.807, 2.05) is 72.0 Å². The third kappa shape index (κ3) is 13.2. The lowest BCUT2D eigenvalue weighted by molar-refractivity contribution is -0.991. The van der Waals surface area contributed by atoms with Crippen molar-refractivity contribution in [2.45, 2.75) is 161 Å². The number of hydrogen-bond acceptors (Lipinski definition) is 12. The van der Waals surface area contributed by atoms with Crippen LogP contribution in [0.3, 0.4) is 0 Å². The minimum Gasteiger partial charge on any atom is -0.595 e. The van der Waals surface area contributed by atoms with Gasteiger partial charge in [0, 0.05) is 56.0 Å². The average Bonchev–Trinajstić information content (AvgIpc) is 4.16. The number of phenols is 1. The summed E-state index contributed by atoms with van der Waals surface area (Å²) in [5.41, 5.74) is 0.806. The SMILES string of the molecule is C/C=C/C[C@@H]1NC(=O)[C@H](CC(C)C)N2C(=O)[C@H](C[C@H](C)[C@H]2O)N(C)C(=O)[C@H](C)NC(=O)[C@H](Cc2ccc(O)c([NH+]([O-])O)c2)NC(=O)[C@H](CC(C)C)N(C)C(=O)[C@H](Cc2cn(C(C)(C)[C@@H]3CO3)c3ccccc23)NC1=O. The summed E-state index contributed by atoms with van der Waals surface area (Å²) < 4.78 is 7.85. The van der Waals surface area contributed by atoms with Crippen molar-refractivity contribution in [1.29, 1.82) is 0 Å². The van der Waals surface area contributed by atoms with E-state index < -0.39 is 118 Å². The third-order valence-corrected chi connectivity index (χ3v) is 14.8. The topological polar surface area (TPSA) is 283 Å². The summed E-state index contributed by atoms with van der Waals surface area (Å²) in [5.74, 6) is -6.87. The van der Waals surface area contributed by atoms with Crippen molar-refractivity contribution in [3.05, 3.63) is 77.1 Å². The standard InChI is InChI=1S/C54H77N9O12/c1-12-13-17-36-46(65)58-38(26-34-27-61(54(8,9)45-28-75-45)39-18-15-14-16-35(34)39)52(71)59(10)41(21-29(2)3)48(67)57-37(24-33-19-20-44(64)40(25-33)63(73)74)47(66)55-32(7)51(70)60(11)43-23-31(6)50(69)62(53(43)72)42(22-30(4)5)49(68)56-36/h12-16,18-20,25,27,29-32,36-38,41-43,45,50,63-64,69,73H,17,21-24,26,28H2,1-11H3,(H,55,66)(H,56,68)(H,57,67)(H,58,65)/b13-12+/t31-,32-,36-,37-,38-,41-,42-,43-,45-,50+/m0/s1. The van der Waals surface area contributed by atoms with Crippen LogP contribution in [0.5, 0.6) is 5.75 Å². The zero-order valence-corrected chi connectivity index (χ0v) is 45.0. The molecule has 0 spiro atoms. The number of aromatic hydroxyl groups is 1. The number of quaternary nitrogens is 1. The Kier molecular flexibility index (Phi) is 18.6. The second-order valence-electron chi connectivity index (χ2n) is 21.9. The summed E-state index contributed by atoms with van der Waals surface area (Å²) in [4.78, 5) is 107. The molecular formula is C54H77N9O12. The summed E-state index contributed by atoms with van der Waals surface area (Å²) in [6.45, 7) is 16.9. The lowest BCUT2D eigenvalue weighted by atomic mass is 9.89. The van der Waals surface area contributed by atoms with Gasteiger partial charge in [0.2, 0.25) is 47.0 Å². The number of aromatic nitrogens is 1. The number of piperidine rings is 1. The monoisotopic (exact) mass is 1040 g/mol.